The lowest BCUT2D eigenvalue weighted by Crippen LogP contribution is -2.62. The number of nitrogens with zero attached hydrogens (tertiary/aromatic N) is 1. The highest BCUT2D eigenvalue weighted by Crippen LogP contribution is 2.75. The molecule has 0 heterocycles. The van der Waals surface area contributed by atoms with E-state index in [-0.39, 0.29) is 49.6 Å². The van der Waals surface area contributed by atoms with Crippen molar-refractivity contribution in [3.8, 4) is 17.6 Å². The van der Waals surface area contributed by atoms with Crippen molar-refractivity contribution in [2.24, 2.45) is 27.6 Å². The average Bonchev–Trinajstić information content (AvgIpc) is 2.99. The van der Waals surface area contributed by atoms with E-state index in [9.17, 15) is 19.2 Å². The summed E-state index contributed by atoms with van der Waals surface area (Å²) in [6.45, 7) is 16.6. The molecule has 4 aliphatic rings. The van der Waals surface area contributed by atoms with Crippen LogP contribution in [0.3, 0.4) is 0 Å². The Bertz CT molecular complexity index is 1690. The summed E-state index contributed by atoms with van der Waals surface area (Å²) in [5.74, 6) is -0.299. The molecule has 2 aromatic rings. The molecule has 0 N–H and O–H groups in total. The van der Waals surface area contributed by atoms with Gasteiger partial charge in [-0.1, -0.05) is 39.3 Å². The Kier molecular flexibility index (Phi) is 7.83. The van der Waals surface area contributed by atoms with Crippen LogP contribution in [-0.4, -0.2) is 11.9 Å². The molecule has 7 heteroatoms. The van der Waals surface area contributed by atoms with Gasteiger partial charge in [0.05, 0.1) is 16.7 Å². The van der Waals surface area contributed by atoms with Gasteiger partial charge in [0, 0.05) is 29.7 Å². The van der Waals surface area contributed by atoms with Crippen LogP contribution in [-0.2, 0) is 15.0 Å². The number of nitriles is 1. The molecule has 5 nitrogen and oxygen atoms in total. The van der Waals surface area contributed by atoms with E-state index in [1.165, 1.54) is 31.6 Å². The Morgan fingerprint density at radius 3 is 2.22 bits per heavy atom. The van der Waals surface area contributed by atoms with Crippen LogP contribution < -0.4 is 9.47 Å². The zero-order chi connectivity index (χ0) is 33.4. The molecule has 0 aliphatic heterocycles. The minimum Gasteiger partial charge on any atom is -0.423 e. The first-order valence-electron chi connectivity index (χ1n) is 16.6. The first-order chi connectivity index (χ1) is 21.5. The number of esters is 2. The molecule has 46 heavy (non-hydrogen) atoms. The molecule has 0 aromatic heterocycles. The highest BCUT2D eigenvalue weighted by Gasteiger charge is 2.67. The van der Waals surface area contributed by atoms with Gasteiger partial charge in [-0.15, -0.1) is 11.8 Å². The van der Waals surface area contributed by atoms with Crippen LogP contribution in [0.4, 0.5) is 4.39 Å². The van der Waals surface area contributed by atoms with Crippen molar-refractivity contribution in [1.29, 1.82) is 5.26 Å². The fraction of sp³-hybridized carbons (Fsp3) is 0.564. The second-order valence-corrected chi connectivity index (χ2v) is 16.9. The average molecular weight is 644 g/mol. The lowest BCUT2D eigenvalue weighted by molar-refractivity contribution is -0.152. The van der Waals surface area contributed by atoms with Crippen LogP contribution in [0.25, 0.3) is 0 Å². The van der Waals surface area contributed by atoms with Crippen LogP contribution in [0.15, 0.2) is 46.9 Å². The third kappa shape index (κ3) is 4.93. The van der Waals surface area contributed by atoms with Crippen molar-refractivity contribution >= 4 is 23.7 Å². The summed E-state index contributed by atoms with van der Waals surface area (Å²) in [5.41, 5.74) is 3.70. The van der Waals surface area contributed by atoms with Crippen molar-refractivity contribution in [2.75, 3.05) is 0 Å². The normalized spacial score (nSPS) is 36.1. The second kappa shape index (κ2) is 11.0. The van der Waals surface area contributed by atoms with Crippen molar-refractivity contribution in [1.82, 2.24) is 0 Å². The van der Waals surface area contributed by atoms with Crippen LogP contribution in [0.1, 0.15) is 115 Å². The Morgan fingerprint density at radius 1 is 0.935 bits per heavy atom. The molecule has 3 fully saturated rings. The molecular formula is C39H46FNO4S. The predicted octanol–water partition coefficient (Wildman–Crippen LogP) is 9.95. The van der Waals surface area contributed by atoms with Crippen molar-refractivity contribution in [3.05, 3.63) is 64.5 Å². The summed E-state index contributed by atoms with van der Waals surface area (Å²) in [7, 11) is 0. The lowest BCUT2D eigenvalue weighted by Gasteiger charge is -2.70. The minimum atomic E-state index is -0.486. The highest BCUT2D eigenvalue weighted by atomic mass is 32.2. The number of ether oxygens (including phenoxy) is 2. The third-order valence-electron chi connectivity index (χ3n) is 12.9. The number of allylic oxidation sites excluding steroid dienone is 1. The Balaban J connectivity index is 1.57. The largest absolute Gasteiger partial charge is 0.423 e. The summed E-state index contributed by atoms with van der Waals surface area (Å²) in [5, 5.41) is 10.1. The molecule has 2 aromatic carbocycles. The molecule has 244 valence electrons. The molecule has 6 rings (SSSR count). The zero-order valence-electron chi connectivity index (χ0n) is 28.4. The molecule has 0 amide bonds. The van der Waals surface area contributed by atoms with Crippen molar-refractivity contribution < 1.29 is 23.5 Å². The fourth-order valence-electron chi connectivity index (χ4n) is 10.0. The summed E-state index contributed by atoms with van der Waals surface area (Å²) >= 11 is 1.66. The van der Waals surface area contributed by atoms with Gasteiger partial charge >= 0.3 is 11.9 Å². The van der Waals surface area contributed by atoms with Gasteiger partial charge in [-0.25, -0.2) is 4.39 Å². The van der Waals surface area contributed by atoms with Crippen molar-refractivity contribution in [3.63, 3.8) is 0 Å². The van der Waals surface area contributed by atoms with Gasteiger partial charge in [0.15, 0.2) is 11.5 Å². The number of hydrogen-bond donors (Lipinski definition) is 0. The first-order valence-corrected chi connectivity index (χ1v) is 17.5. The zero-order valence-corrected chi connectivity index (χ0v) is 29.3. The number of benzene rings is 2. The van der Waals surface area contributed by atoms with Crippen LogP contribution in [0, 0.1) is 51.6 Å². The predicted molar refractivity (Wildman–Crippen MR) is 178 cm³/mol. The van der Waals surface area contributed by atoms with Gasteiger partial charge in [0.1, 0.15) is 5.82 Å². The van der Waals surface area contributed by atoms with Gasteiger partial charge in [0.2, 0.25) is 0 Å². The summed E-state index contributed by atoms with van der Waals surface area (Å²) in [6, 6.07) is 11.2. The van der Waals surface area contributed by atoms with Crippen LogP contribution >= 0.6 is 11.8 Å². The number of carbonyl (C=O) groups is 2. The SMILES string of the molecule is CC(=O)Oc1cc2c(c(C)c1OC(C)=O)C(Sc1ccc(F)cc1)C=C1[C@@]2(C)CC[C@@]2(C)[C@@H]3C[C@](C)(C#N)CC[C@]3(C)CC[C@]12C. The van der Waals surface area contributed by atoms with Gasteiger partial charge < -0.3 is 9.47 Å². The van der Waals surface area contributed by atoms with E-state index >= 15 is 0 Å². The Hall–Kier alpha value is -3.11. The first kappa shape index (κ1) is 32.8. The molecule has 1 unspecified atom stereocenters. The summed E-state index contributed by atoms with van der Waals surface area (Å²) in [6.07, 6.45) is 9.52. The molecule has 0 saturated heterocycles. The molecule has 0 radical (unpaired) electrons. The quantitative estimate of drug-likeness (QED) is 0.188. The minimum absolute atomic E-state index is 0.0160. The van der Waals surface area contributed by atoms with Crippen LogP contribution in [0.2, 0.25) is 0 Å². The summed E-state index contributed by atoms with van der Waals surface area (Å²) in [4.78, 5) is 25.5. The van der Waals surface area contributed by atoms with Gasteiger partial charge in [-0.2, -0.15) is 5.26 Å². The van der Waals surface area contributed by atoms with E-state index in [4.69, 9.17) is 9.47 Å². The molecule has 3 saturated carbocycles. The number of rotatable bonds is 4. The number of hydrogen-bond acceptors (Lipinski definition) is 6. The standard InChI is InChI=1S/C39H46FNO4S/c1-23-33-28(19-29(44-24(2)42)34(23)45-25(3)43)37(6)16-18-39(8)32-21-35(4,22-41)13-14-36(32,5)15-17-38(39,7)31(37)20-30(33)46-27-11-9-26(40)10-12-27/h9-12,19-20,30,32H,13-18,21H2,1-8H3/t30?,32-,35-,36-,37+,38-,39+/m1/s1. The summed E-state index contributed by atoms with van der Waals surface area (Å²) < 4.78 is 25.4. The van der Waals surface area contributed by atoms with E-state index in [1.807, 2.05) is 25.1 Å². The second-order valence-electron chi connectivity index (χ2n) is 15.7. The topological polar surface area (TPSA) is 76.4 Å². The Morgan fingerprint density at radius 2 is 1.59 bits per heavy atom. The van der Waals surface area contributed by atoms with E-state index in [0.717, 1.165) is 66.5 Å². The maximum atomic E-state index is 14.0. The van der Waals surface area contributed by atoms with E-state index < -0.39 is 11.9 Å². The monoisotopic (exact) mass is 643 g/mol. The van der Waals surface area contributed by atoms with Gasteiger partial charge in [-0.3, -0.25) is 9.59 Å². The highest BCUT2D eigenvalue weighted by molar-refractivity contribution is 7.99. The molecule has 7 atom stereocenters. The van der Waals surface area contributed by atoms with Gasteiger partial charge in [0.25, 0.3) is 0 Å². The van der Waals surface area contributed by atoms with E-state index in [0.29, 0.717) is 5.92 Å². The third-order valence-corrected chi connectivity index (χ3v) is 14.0. The molecule has 0 bridgehead atoms. The smallest absolute Gasteiger partial charge is 0.308 e. The van der Waals surface area contributed by atoms with Crippen molar-refractivity contribution in [2.45, 2.75) is 116 Å². The van der Waals surface area contributed by atoms with Gasteiger partial charge in [-0.05, 0) is 122 Å². The maximum absolute atomic E-state index is 14.0. The fourth-order valence-corrected chi connectivity index (χ4v) is 11.2. The molecular weight excluding hydrogens is 597 g/mol. The number of halogens is 1. The number of carbonyl (C=O) groups excluding carboxylic acids is 2. The van der Waals surface area contributed by atoms with Crippen LogP contribution in [0.5, 0.6) is 11.5 Å². The Labute approximate surface area is 277 Å². The maximum Gasteiger partial charge on any atom is 0.308 e. The molecule has 0 spiro atoms. The number of thioether (sulfide) groups is 1. The van der Waals surface area contributed by atoms with E-state index in [1.54, 1.807) is 11.8 Å². The lowest BCUT2D eigenvalue weighted by atomic mass is 9.34. The van der Waals surface area contributed by atoms with E-state index in [2.05, 4.69) is 46.8 Å². The number of fused-ring (bicyclic) bond motifs is 7. The molecule has 4 aliphatic carbocycles.